The third kappa shape index (κ3) is 4.19. The normalized spacial score (nSPS) is 20.9. The fourth-order valence-electron chi connectivity index (χ4n) is 4.09. The van der Waals surface area contributed by atoms with Crippen molar-refractivity contribution in [3.05, 3.63) is 35.7 Å². The van der Waals surface area contributed by atoms with Gasteiger partial charge in [-0.3, -0.25) is 9.48 Å². The Bertz CT molecular complexity index is 808. The van der Waals surface area contributed by atoms with Crippen molar-refractivity contribution in [2.24, 2.45) is 13.0 Å². The van der Waals surface area contributed by atoms with E-state index in [1.54, 1.807) is 0 Å². The van der Waals surface area contributed by atoms with Crippen LogP contribution in [0.1, 0.15) is 49.6 Å². The molecule has 0 aromatic carbocycles. The van der Waals surface area contributed by atoms with Crippen molar-refractivity contribution >= 4 is 17.5 Å². The minimum atomic E-state index is -0.187. The van der Waals surface area contributed by atoms with Gasteiger partial charge in [-0.1, -0.05) is 25.3 Å². The van der Waals surface area contributed by atoms with Gasteiger partial charge >= 0.3 is 0 Å². The van der Waals surface area contributed by atoms with E-state index in [-0.39, 0.29) is 12.0 Å². The summed E-state index contributed by atoms with van der Waals surface area (Å²) in [4.78, 5) is 19.6. The van der Waals surface area contributed by atoms with Crippen LogP contribution in [0, 0.1) is 12.8 Å². The Morgan fingerprint density at radius 3 is 2.79 bits per heavy atom. The third-order valence-electron chi connectivity index (χ3n) is 5.80. The van der Waals surface area contributed by atoms with Crippen molar-refractivity contribution in [1.82, 2.24) is 19.7 Å². The van der Waals surface area contributed by atoms with Gasteiger partial charge in [0.1, 0.15) is 11.9 Å². The van der Waals surface area contributed by atoms with Gasteiger partial charge in [-0.2, -0.15) is 5.10 Å². The first-order chi connectivity index (χ1) is 13.6. The summed E-state index contributed by atoms with van der Waals surface area (Å²) >= 11 is 0. The number of hydrogen-bond donors (Lipinski definition) is 1. The van der Waals surface area contributed by atoms with Crippen LogP contribution in [0.25, 0.3) is 0 Å². The Balaban J connectivity index is 1.43. The molecule has 4 rings (SSSR count). The summed E-state index contributed by atoms with van der Waals surface area (Å²) < 4.78 is 7.78. The van der Waals surface area contributed by atoms with Crippen LogP contribution in [0.2, 0.25) is 0 Å². The van der Waals surface area contributed by atoms with Gasteiger partial charge in [0.15, 0.2) is 5.82 Å². The highest BCUT2D eigenvalue weighted by Gasteiger charge is 2.31. The summed E-state index contributed by atoms with van der Waals surface area (Å²) in [6.45, 7) is 3.82. The van der Waals surface area contributed by atoms with Crippen LogP contribution in [0.5, 0.6) is 0 Å². The molecule has 7 nitrogen and oxygen atoms in total. The highest BCUT2D eigenvalue weighted by molar-refractivity contribution is 5.79. The smallest absolute Gasteiger partial charge is 0.225 e. The van der Waals surface area contributed by atoms with Crippen LogP contribution in [0.15, 0.2) is 24.3 Å². The van der Waals surface area contributed by atoms with Crippen LogP contribution in [0.4, 0.5) is 11.6 Å². The highest BCUT2D eigenvalue weighted by Crippen LogP contribution is 2.28. The maximum absolute atomic E-state index is 12.9. The van der Waals surface area contributed by atoms with Crippen LogP contribution in [0.3, 0.4) is 0 Å². The van der Waals surface area contributed by atoms with E-state index in [0.717, 1.165) is 35.9 Å². The van der Waals surface area contributed by atoms with Crippen LogP contribution < -0.4 is 5.32 Å². The van der Waals surface area contributed by atoms with Crippen molar-refractivity contribution in [2.45, 2.75) is 45.1 Å². The molecule has 1 saturated carbocycles. The van der Waals surface area contributed by atoms with E-state index in [0.29, 0.717) is 25.6 Å². The fraction of sp³-hybridized carbons (Fsp3) is 0.571. The lowest BCUT2D eigenvalue weighted by molar-refractivity contribution is -0.144. The summed E-state index contributed by atoms with van der Waals surface area (Å²) in [6, 6.07) is 7.83. The number of rotatable bonds is 4. The molecule has 0 radical (unpaired) electrons. The quantitative estimate of drug-likeness (QED) is 0.877. The summed E-state index contributed by atoms with van der Waals surface area (Å²) in [5, 5.41) is 7.67. The second-order valence-electron chi connectivity index (χ2n) is 7.85. The van der Waals surface area contributed by atoms with Gasteiger partial charge in [0, 0.05) is 31.3 Å². The number of aromatic nitrogens is 3. The molecular formula is C21H29N5O2. The van der Waals surface area contributed by atoms with E-state index in [1.165, 1.54) is 19.3 Å². The molecule has 2 fully saturated rings. The average Bonchev–Trinajstić information content (AvgIpc) is 3.05. The Kier molecular flexibility index (Phi) is 5.62. The molecule has 0 unspecified atom stereocenters. The molecule has 28 heavy (non-hydrogen) atoms. The molecule has 1 aliphatic carbocycles. The zero-order valence-electron chi connectivity index (χ0n) is 16.7. The van der Waals surface area contributed by atoms with Crippen molar-refractivity contribution in [1.29, 1.82) is 0 Å². The van der Waals surface area contributed by atoms with Gasteiger partial charge in [0.05, 0.1) is 18.8 Å². The molecule has 1 aliphatic heterocycles. The fourth-order valence-corrected chi connectivity index (χ4v) is 4.09. The van der Waals surface area contributed by atoms with Gasteiger partial charge < -0.3 is 15.0 Å². The predicted octanol–water partition coefficient (Wildman–Crippen LogP) is 3.35. The van der Waals surface area contributed by atoms with E-state index >= 15 is 0 Å². The van der Waals surface area contributed by atoms with Gasteiger partial charge in [-0.05, 0) is 31.9 Å². The molecule has 150 valence electrons. The number of anilines is 2. The lowest BCUT2D eigenvalue weighted by atomic mass is 9.88. The number of nitrogens with zero attached hydrogens (tertiary/aromatic N) is 4. The summed E-state index contributed by atoms with van der Waals surface area (Å²) in [7, 11) is 1.91. The number of hydrogen-bond acceptors (Lipinski definition) is 5. The second-order valence-corrected chi connectivity index (χ2v) is 7.85. The van der Waals surface area contributed by atoms with Gasteiger partial charge in [-0.15, -0.1) is 0 Å². The lowest BCUT2D eigenvalue weighted by Crippen LogP contribution is -2.45. The molecule has 0 spiro atoms. The SMILES string of the molecule is Cc1cc(Nc2cccc([C@@H]3CN(C(=O)C4CCCCC4)CCO3)n2)nn1C. The van der Waals surface area contributed by atoms with E-state index in [1.807, 2.05) is 47.8 Å². The molecule has 2 aromatic heterocycles. The maximum atomic E-state index is 12.9. The minimum absolute atomic E-state index is 0.187. The first-order valence-electron chi connectivity index (χ1n) is 10.2. The van der Waals surface area contributed by atoms with Gasteiger partial charge in [0.25, 0.3) is 0 Å². The number of pyridine rings is 1. The molecule has 1 amide bonds. The summed E-state index contributed by atoms with van der Waals surface area (Å²) in [5.41, 5.74) is 1.92. The van der Waals surface area contributed by atoms with Crippen molar-refractivity contribution in [2.75, 3.05) is 25.0 Å². The zero-order valence-corrected chi connectivity index (χ0v) is 16.7. The summed E-state index contributed by atoms with van der Waals surface area (Å²) in [6.07, 6.45) is 5.48. The van der Waals surface area contributed by atoms with E-state index in [2.05, 4.69) is 10.4 Å². The maximum Gasteiger partial charge on any atom is 0.225 e. The van der Waals surface area contributed by atoms with Crippen LogP contribution in [-0.2, 0) is 16.6 Å². The molecule has 1 N–H and O–H groups in total. The molecule has 7 heteroatoms. The van der Waals surface area contributed by atoms with E-state index in [4.69, 9.17) is 9.72 Å². The number of ether oxygens (including phenoxy) is 1. The van der Waals surface area contributed by atoms with Crippen LogP contribution in [-0.4, -0.2) is 45.3 Å². The zero-order chi connectivity index (χ0) is 19.5. The number of carbonyl (C=O) groups excluding carboxylic acids is 1. The molecular weight excluding hydrogens is 354 g/mol. The highest BCUT2D eigenvalue weighted by atomic mass is 16.5. The number of nitrogens with one attached hydrogen (secondary N) is 1. The standard InChI is InChI=1S/C21H29N5O2/c1-15-13-20(24-25(15)2)23-19-10-6-9-17(22-19)18-14-26(11-12-28-18)21(27)16-7-4-3-5-8-16/h6,9-10,13,16,18H,3-5,7-8,11-12,14H2,1-2H3,(H,22,23,24)/t18-/m0/s1. The van der Waals surface area contributed by atoms with E-state index < -0.39 is 0 Å². The Labute approximate surface area is 166 Å². The Hall–Kier alpha value is -2.41. The van der Waals surface area contributed by atoms with Crippen molar-refractivity contribution in [3.63, 3.8) is 0 Å². The first-order valence-corrected chi connectivity index (χ1v) is 10.2. The second kappa shape index (κ2) is 8.31. The predicted molar refractivity (Wildman–Crippen MR) is 107 cm³/mol. The van der Waals surface area contributed by atoms with E-state index in [9.17, 15) is 4.79 Å². The van der Waals surface area contributed by atoms with Gasteiger partial charge in [-0.25, -0.2) is 4.98 Å². The van der Waals surface area contributed by atoms with Gasteiger partial charge in [0.2, 0.25) is 5.91 Å². The third-order valence-corrected chi connectivity index (χ3v) is 5.80. The number of amides is 1. The summed E-state index contributed by atoms with van der Waals surface area (Å²) in [5.74, 6) is 1.99. The molecule has 2 aliphatic rings. The number of morpholine rings is 1. The molecule has 0 bridgehead atoms. The number of aryl methyl sites for hydroxylation is 2. The number of carbonyl (C=O) groups is 1. The molecule has 1 saturated heterocycles. The minimum Gasteiger partial charge on any atom is -0.368 e. The van der Waals surface area contributed by atoms with Crippen molar-refractivity contribution < 1.29 is 9.53 Å². The molecule has 1 atom stereocenters. The Morgan fingerprint density at radius 1 is 1.21 bits per heavy atom. The lowest BCUT2D eigenvalue weighted by Gasteiger charge is -2.35. The van der Waals surface area contributed by atoms with Crippen LogP contribution >= 0.6 is 0 Å². The average molecular weight is 383 g/mol. The molecule has 2 aromatic rings. The van der Waals surface area contributed by atoms with Crippen molar-refractivity contribution in [3.8, 4) is 0 Å². The Morgan fingerprint density at radius 2 is 2.04 bits per heavy atom. The molecule has 3 heterocycles. The largest absolute Gasteiger partial charge is 0.368 e. The topological polar surface area (TPSA) is 72.3 Å². The first kappa shape index (κ1) is 18.9. The monoisotopic (exact) mass is 383 g/mol.